The molecule has 2 heterocycles. The smallest absolute Gasteiger partial charge is 0.353 e. The zero-order valence-corrected chi connectivity index (χ0v) is 9.31. The third-order valence-corrected chi connectivity index (χ3v) is 2.89. The summed E-state index contributed by atoms with van der Waals surface area (Å²) in [6.07, 6.45) is 0.999. The summed E-state index contributed by atoms with van der Waals surface area (Å²) in [5.41, 5.74) is -0.101. The van der Waals surface area contributed by atoms with Crippen molar-refractivity contribution in [2.75, 3.05) is 13.1 Å². The lowest BCUT2D eigenvalue weighted by atomic mass is 10.1. The van der Waals surface area contributed by atoms with E-state index in [4.69, 9.17) is 9.94 Å². The first-order chi connectivity index (χ1) is 8.16. The minimum absolute atomic E-state index is 0.0339. The predicted octanol–water partition coefficient (Wildman–Crippen LogP) is -0.916. The molecule has 7 heteroatoms. The quantitative estimate of drug-likeness (QED) is 0.593. The van der Waals surface area contributed by atoms with Crippen LogP contribution in [0, 0.1) is 0 Å². The van der Waals surface area contributed by atoms with Crippen molar-refractivity contribution in [3.63, 3.8) is 0 Å². The highest BCUT2D eigenvalue weighted by Crippen LogP contribution is 2.12. The highest BCUT2D eigenvalue weighted by Gasteiger charge is 2.32. The molecule has 1 fully saturated rings. The fraction of sp³-hybridized carbons (Fsp3) is 0.700. The SMILES string of the molecule is O=C(O)C1=NOC(C(=O)NC2CCNCC2)C1. The largest absolute Gasteiger partial charge is 0.477 e. The second kappa shape index (κ2) is 5.13. The monoisotopic (exact) mass is 241 g/mol. The van der Waals surface area contributed by atoms with E-state index in [-0.39, 0.29) is 24.1 Å². The van der Waals surface area contributed by atoms with Crippen molar-refractivity contribution in [2.45, 2.75) is 31.4 Å². The van der Waals surface area contributed by atoms with Crippen molar-refractivity contribution >= 4 is 17.6 Å². The normalized spacial score (nSPS) is 24.9. The van der Waals surface area contributed by atoms with Crippen molar-refractivity contribution in [3.8, 4) is 0 Å². The van der Waals surface area contributed by atoms with E-state index in [1.165, 1.54) is 0 Å². The van der Waals surface area contributed by atoms with Crippen LogP contribution in [0.5, 0.6) is 0 Å². The van der Waals surface area contributed by atoms with Gasteiger partial charge in [0.05, 0.1) is 0 Å². The molecule has 1 atom stereocenters. The molecule has 0 aromatic heterocycles. The van der Waals surface area contributed by atoms with Crippen LogP contribution in [-0.2, 0) is 14.4 Å². The van der Waals surface area contributed by atoms with Gasteiger partial charge in [-0.2, -0.15) is 0 Å². The van der Waals surface area contributed by atoms with E-state index >= 15 is 0 Å². The summed E-state index contributed by atoms with van der Waals surface area (Å²) in [5, 5.41) is 18.1. The molecule has 94 valence electrons. The number of amides is 1. The number of carboxylic acids is 1. The Bertz CT molecular complexity index is 349. The number of rotatable bonds is 3. The average Bonchev–Trinajstić information content (AvgIpc) is 2.79. The third kappa shape index (κ3) is 2.94. The van der Waals surface area contributed by atoms with Gasteiger partial charge < -0.3 is 20.6 Å². The van der Waals surface area contributed by atoms with Crippen LogP contribution in [0.15, 0.2) is 5.16 Å². The van der Waals surface area contributed by atoms with Crippen LogP contribution in [0.4, 0.5) is 0 Å². The van der Waals surface area contributed by atoms with E-state index in [0.717, 1.165) is 25.9 Å². The Balaban J connectivity index is 1.80. The molecule has 0 aliphatic carbocycles. The van der Waals surface area contributed by atoms with Gasteiger partial charge in [0, 0.05) is 12.5 Å². The Morgan fingerprint density at radius 1 is 1.41 bits per heavy atom. The molecule has 1 saturated heterocycles. The second-order valence-electron chi connectivity index (χ2n) is 4.17. The first-order valence-corrected chi connectivity index (χ1v) is 5.64. The molecule has 0 aromatic carbocycles. The van der Waals surface area contributed by atoms with Crippen molar-refractivity contribution < 1.29 is 19.5 Å². The van der Waals surface area contributed by atoms with Gasteiger partial charge in [-0.05, 0) is 25.9 Å². The van der Waals surface area contributed by atoms with Crippen LogP contribution in [0.3, 0.4) is 0 Å². The number of carbonyl (C=O) groups is 2. The van der Waals surface area contributed by atoms with E-state index in [0.29, 0.717) is 0 Å². The minimum Gasteiger partial charge on any atom is -0.477 e. The molecule has 1 amide bonds. The maximum atomic E-state index is 11.8. The lowest BCUT2D eigenvalue weighted by Gasteiger charge is -2.24. The Morgan fingerprint density at radius 3 is 2.71 bits per heavy atom. The van der Waals surface area contributed by atoms with E-state index in [1.54, 1.807) is 0 Å². The molecule has 2 rings (SSSR count). The maximum absolute atomic E-state index is 11.8. The number of hydrogen-bond acceptors (Lipinski definition) is 5. The van der Waals surface area contributed by atoms with Crippen molar-refractivity contribution in [1.29, 1.82) is 0 Å². The lowest BCUT2D eigenvalue weighted by molar-refractivity contribution is -0.132. The van der Waals surface area contributed by atoms with Crippen LogP contribution in [-0.4, -0.2) is 47.9 Å². The summed E-state index contributed by atoms with van der Waals surface area (Å²) < 4.78 is 0. The fourth-order valence-electron chi connectivity index (χ4n) is 1.90. The Labute approximate surface area is 98.2 Å². The van der Waals surface area contributed by atoms with Gasteiger partial charge in [-0.15, -0.1) is 0 Å². The molecule has 0 radical (unpaired) electrons. The molecule has 1 unspecified atom stereocenters. The summed E-state index contributed by atoms with van der Waals surface area (Å²) >= 11 is 0. The summed E-state index contributed by atoms with van der Waals surface area (Å²) in [6, 6.07) is 0.140. The van der Waals surface area contributed by atoms with Gasteiger partial charge in [0.1, 0.15) is 0 Å². The summed E-state index contributed by atoms with van der Waals surface area (Å²) in [6.45, 7) is 1.76. The average molecular weight is 241 g/mol. The molecule has 0 saturated carbocycles. The summed E-state index contributed by atoms with van der Waals surface area (Å²) in [7, 11) is 0. The molecule has 2 aliphatic heterocycles. The molecule has 17 heavy (non-hydrogen) atoms. The van der Waals surface area contributed by atoms with Crippen LogP contribution in [0.25, 0.3) is 0 Å². The Hall–Kier alpha value is -1.63. The fourth-order valence-corrected chi connectivity index (χ4v) is 1.90. The second-order valence-corrected chi connectivity index (χ2v) is 4.17. The number of hydrogen-bond donors (Lipinski definition) is 3. The summed E-state index contributed by atoms with van der Waals surface area (Å²) in [5.74, 6) is -1.42. The number of carboxylic acid groups (broad SMARTS) is 1. The first kappa shape index (κ1) is 11.8. The number of oxime groups is 1. The number of carbonyl (C=O) groups excluding carboxylic acids is 1. The van der Waals surface area contributed by atoms with Crippen LogP contribution in [0.2, 0.25) is 0 Å². The van der Waals surface area contributed by atoms with Gasteiger partial charge in [0.2, 0.25) is 6.10 Å². The third-order valence-electron chi connectivity index (χ3n) is 2.89. The molecule has 2 aliphatic rings. The van der Waals surface area contributed by atoms with Gasteiger partial charge >= 0.3 is 5.97 Å². The van der Waals surface area contributed by atoms with E-state index < -0.39 is 12.1 Å². The molecule has 0 aromatic rings. The highest BCUT2D eigenvalue weighted by atomic mass is 16.6. The first-order valence-electron chi connectivity index (χ1n) is 5.64. The van der Waals surface area contributed by atoms with Gasteiger partial charge in [-0.3, -0.25) is 4.79 Å². The van der Waals surface area contributed by atoms with Crippen molar-refractivity contribution in [2.24, 2.45) is 5.16 Å². The van der Waals surface area contributed by atoms with Crippen molar-refractivity contribution in [3.05, 3.63) is 0 Å². The van der Waals surface area contributed by atoms with Crippen LogP contribution in [0.1, 0.15) is 19.3 Å². The molecular weight excluding hydrogens is 226 g/mol. The molecule has 0 bridgehead atoms. The van der Waals surface area contributed by atoms with Gasteiger partial charge in [-0.25, -0.2) is 4.79 Å². The highest BCUT2D eigenvalue weighted by molar-refractivity contribution is 6.36. The van der Waals surface area contributed by atoms with E-state index in [1.807, 2.05) is 0 Å². The maximum Gasteiger partial charge on any atom is 0.353 e. The zero-order valence-electron chi connectivity index (χ0n) is 9.31. The van der Waals surface area contributed by atoms with Gasteiger partial charge in [0.25, 0.3) is 5.91 Å². The minimum atomic E-state index is -1.14. The molecular formula is C10H15N3O4. The standard InChI is InChI=1S/C10H15N3O4/c14-9(12-6-1-3-11-4-2-6)8-5-7(10(15)16)13-17-8/h6,8,11H,1-5H2,(H,12,14)(H,15,16). The predicted molar refractivity (Wildman–Crippen MR) is 58.6 cm³/mol. The number of nitrogens with one attached hydrogen (secondary N) is 2. The van der Waals surface area contributed by atoms with Gasteiger partial charge in [-0.1, -0.05) is 5.16 Å². The zero-order chi connectivity index (χ0) is 12.3. The van der Waals surface area contributed by atoms with E-state index in [2.05, 4.69) is 15.8 Å². The van der Waals surface area contributed by atoms with Crippen molar-refractivity contribution in [1.82, 2.24) is 10.6 Å². The number of nitrogens with zero attached hydrogens (tertiary/aromatic N) is 1. The van der Waals surface area contributed by atoms with Crippen LogP contribution >= 0.6 is 0 Å². The molecule has 3 N–H and O–H groups in total. The molecule has 7 nitrogen and oxygen atoms in total. The Morgan fingerprint density at radius 2 is 2.12 bits per heavy atom. The molecule has 0 spiro atoms. The topological polar surface area (TPSA) is 100 Å². The number of aliphatic carboxylic acids is 1. The van der Waals surface area contributed by atoms with Gasteiger partial charge in [0.15, 0.2) is 5.71 Å². The van der Waals surface area contributed by atoms with E-state index in [9.17, 15) is 9.59 Å². The van der Waals surface area contributed by atoms with Crippen LogP contribution < -0.4 is 10.6 Å². The lowest BCUT2D eigenvalue weighted by Crippen LogP contribution is -2.46. The number of piperidine rings is 1. The summed E-state index contributed by atoms with van der Waals surface area (Å²) in [4.78, 5) is 27.2. The Kier molecular flexibility index (Phi) is 3.58.